The summed E-state index contributed by atoms with van der Waals surface area (Å²) in [5.41, 5.74) is 0.804. The molecule has 0 spiro atoms. The molecule has 1 atom stereocenters. The van der Waals surface area contributed by atoms with Crippen molar-refractivity contribution in [3.8, 4) is 17.6 Å². The molecule has 1 aromatic rings. The highest BCUT2D eigenvalue weighted by molar-refractivity contribution is 5.83. The van der Waals surface area contributed by atoms with Crippen LogP contribution < -0.4 is 10.1 Å². The highest BCUT2D eigenvalue weighted by Crippen LogP contribution is 2.16. The predicted molar refractivity (Wildman–Crippen MR) is 84.3 cm³/mol. The summed E-state index contributed by atoms with van der Waals surface area (Å²) in [4.78, 5) is 11.9. The van der Waals surface area contributed by atoms with Crippen molar-refractivity contribution in [3.05, 3.63) is 24.3 Å². The summed E-state index contributed by atoms with van der Waals surface area (Å²) >= 11 is 0. The third kappa shape index (κ3) is 6.22. The van der Waals surface area contributed by atoms with Gasteiger partial charge >= 0.3 is 5.97 Å². The number of carbonyl (C=O) groups is 1. The van der Waals surface area contributed by atoms with Gasteiger partial charge in [0.25, 0.3) is 0 Å². The molecule has 0 amide bonds. The summed E-state index contributed by atoms with van der Waals surface area (Å²) in [7, 11) is 1.61. The van der Waals surface area contributed by atoms with Gasteiger partial charge in [-0.15, -0.1) is 5.92 Å². The third-order valence-electron chi connectivity index (χ3n) is 2.83. The van der Waals surface area contributed by atoms with Gasteiger partial charge < -0.3 is 14.8 Å². The molecule has 0 fully saturated rings. The number of ether oxygens (including phenoxy) is 2. The van der Waals surface area contributed by atoms with Crippen LogP contribution in [0, 0.1) is 11.8 Å². The van der Waals surface area contributed by atoms with Gasteiger partial charge in [-0.05, 0) is 37.6 Å². The highest BCUT2D eigenvalue weighted by Gasteiger charge is 2.16. The van der Waals surface area contributed by atoms with Crippen molar-refractivity contribution in [2.75, 3.05) is 19.0 Å². The average Bonchev–Trinajstić information content (AvgIpc) is 2.51. The second-order valence-electron chi connectivity index (χ2n) is 4.48. The Labute approximate surface area is 126 Å². The average molecular weight is 289 g/mol. The number of nitrogens with one attached hydrogen (secondary N) is 1. The fraction of sp³-hybridized carbons (Fsp3) is 0.471. The molecule has 4 heteroatoms. The van der Waals surface area contributed by atoms with Gasteiger partial charge in [-0.1, -0.05) is 19.3 Å². The van der Waals surface area contributed by atoms with E-state index in [4.69, 9.17) is 9.47 Å². The SMILES string of the molecule is CCCCC#C[C@@H](Nc1ccc(OC)cc1)C(=O)OCC. The molecule has 0 bridgehead atoms. The normalized spacial score (nSPS) is 11.0. The lowest BCUT2D eigenvalue weighted by molar-refractivity contribution is -0.142. The van der Waals surface area contributed by atoms with Crippen molar-refractivity contribution in [2.24, 2.45) is 0 Å². The van der Waals surface area contributed by atoms with Gasteiger partial charge in [-0.3, -0.25) is 0 Å². The Balaban J connectivity index is 2.74. The number of rotatable bonds is 7. The minimum absolute atomic E-state index is 0.344. The molecule has 0 aliphatic carbocycles. The predicted octanol–water partition coefficient (Wildman–Crippen LogP) is 3.23. The lowest BCUT2D eigenvalue weighted by atomic mass is 10.2. The summed E-state index contributed by atoms with van der Waals surface area (Å²) in [6, 6.07) is 6.71. The molecule has 0 aliphatic rings. The molecular weight excluding hydrogens is 266 g/mol. The Kier molecular flexibility index (Phi) is 7.81. The fourth-order valence-corrected chi connectivity index (χ4v) is 1.67. The van der Waals surface area contributed by atoms with E-state index >= 15 is 0 Å². The molecule has 21 heavy (non-hydrogen) atoms. The van der Waals surface area contributed by atoms with E-state index in [9.17, 15) is 4.79 Å². The van der Waals surface area contributed by atoms with E-state index in [2.05, 4.69) is 24.1 Å². The first-order chi connectivity index (χ1) is 10.2. The first kappa shape index (κ1) is 16.9. The maximum atomic E-state index is 11.9. The van der Waals surface area contributed by atoms with Crippen LogP contribution in [0.3, 0.4) is 0 Å². The molecule has 0 radical (unpaired) electrons. The highest BCUT2D eigenvalue weighted by atomic mass is 16.5. The van der Waals surface area contributed by atoms with Crippen molar-refractivity contribution in [2.45, 2.75) is 39.2 Å². The Morgan fingerprint density at radius 2 is 2.00 bits per heavy atom. The molecule has 0 saturated heterocycles. The van der Waals surface area contributed by atoms with Crippen molar-refractivity contribution >= 4 is 11.7 Å². The lowest BCUT2D eigenvalue weighted by Crippen LogP contribution is -2.30. The van der Waals surface area contributed by atoms with Gasteiger partial charge in [-0.2, -0.15) is 0 Å². The summed E-state index contributed by atoms with van der Waals surface area (Å²) in [6.07, 6.45) is 2.91. The van der Waals surface area contributed by atoms with Crippen LogP contribution in [-0.2, 0) is 9.53 Å². The molecule has 114 valence electrons. The Morgan fingerprint density at radius 3 is 2.57 bits per heavy atom. The monoisotopic (exact) mass is 289 g/mol. The van der Waals surface area contributed by atoms with Crippen molar-refractivity contribution in [1.29, 1.82) is 0 Å². The van der Waals surface area contributed by atoms with Crippen LogP contribution in [-0.4, -0.2) is 25.7 Å². The van der Waals surface area contributed by atoms with Crippen molar-refractivity contribution < 1.29 is 14.3 Å². The van der Waals surface area contributed by atoms with Crippen LogP contribution >= 0.6 is 0 Å². The molecule has 0 aromatic heterocycles. The zero-order valence-corrected chi connectivity index (χ0v) is 12.9. The zero-order valence-electron chi connectivity index (χ0n) is 12.9. The number of unbranched alkanes of at least 4 members (excludes halogenated alkanes) is 2. The van der Waals surface area contributed by atoms with E-state index in [1.807, 2.05) is 24.3 Å². The lowest BCUT2D eigenvalue weighted by Gasteiger charge is -2.13. The van der Waals surface area contributed by atoms with Gasteiger partial charge in [-0.25, -0.2) is 4.79 Å². The molecule has 0 aliphatic heterocycles. The van der Waals surface area contributed by atoms with E-state index in [-0.39, 0.29) is 5.97 Å². The van der Waals surface area contributed by atoms with Gasteiger partial charge in [0.15, 0.2) is 6.04 Å². The number of esters is 1. The first-order valence-corrected chi connectivity index (χ1v) is 7.26. The summed E-state index contributed by atoms with van der Waals surface area (Å²) in [6.45, 7) is 4.24. The Bertz CT molecular complexity index is 485. The van der Waals surface area contributed by atoms with Crippen LogP contribution in [0.2, 0.25) is 0 Å². The largest absolute Gasteiger partial charge is 0.497 e. The molecule has 0 heterocycles. The standard InChI is InChI=1S/C17H23NO3/c1-4-6-7-8-9-16(17(19)21-5-2)18-14-10-12-15(20-3)13-11-14/h10-13,16,18H,4-7H2,1-3H3/t16-/m1/s1. The number of hydrogen-bond acceptors (Lipinski definition) is 4. The van der Waals surface area contributed by atoms with E-state index in [0.29, 0.717) is 6.61 Å². The molecule has 4 nitrogen and oxygen atoms in total. The smallest absolute Gasteiger partial charge is 0.341 e. The second kappa shape index (κ2) is 9.71. The first-order valence-electron chi connectivity index (χ1n) is 7.26. The zero-order chi connectivity index (χ0) is 15.5. The number of hydrogen-bond donors (Lipinski definition) is 1. The van der Waals surface area contributed by atoms with Crippen LogP contribution in [0.15, 0.2) is 24.3 Å². The Hall–Kier alpha value is -2.15. The summed E-state index contributed by atoms with van der Waals surface area (Å²) < 4.78 is 10.2. The minimum Gasteiger partial charge on any atom is -0.497 e. The molecule has 0 saturated carbocycles. The molecular formula is C17H23NO3. The third-order valence-corrected chi connectivity index (χ3v) is 2.83. The summed E-state index contributed by atoms with van der Waals surface area (Å²) in [5, 5.41) is 3.09. The van der Waals surface area contributed by atoms with Gasteiger partial charge in [0.05, 0.1) is 13.7 Å². The van der Waals surface area contributed by atoms with Crippen LogP contribution in [0.25, 0.3) is 0 Å². The quantitative estimate of drug-likeness (QED) is 0.475. The van der Waals surface area contributed by atoms with Crippen LogP contribution in [0.1, 0.15) is 33.1 Å². The number of carbonyl (C=O) groups excluding carboxylic acids is 1. The number of anilines is 1. The molecule has 0 unspecified atom stereocenters. The van der Waals surface area contributed by atoms with Crippen molar-refractivity contribution in [1.82, 2.24) is 0 Å². The van der Waals surface area contributed by atoms with E-state index in [1.165, 1.54) is 0 Å². The summed E-state index contributed by atoms with van der Waals surface area (Å²) in [5.74, 6) is 6.40. The van der Waals surface area contributed by atoms with Gasteiger partial charge in [0.1, 0.15) is 5.75 Å². The minimum atomic E-state index is -0.643. The van der Waals surface area contributed by atoms with E-state index < -0.39 is 6.04 Å². The molecule has 1 aromatic carbocycles. The Morgan fingerprint density at radius 1 is 1.29 bits per heavy atom. The fourth-order valence-electron chi connectivity index (χ4n) is 1.67. The van der Waals surface area contributed by atoms with Gasteiger partial charge in [0, 0.05) is 12.1 Å². The molecule has 1 rings (SSSR count). The van der Waals surface area contributed by atoms with Gasteiger partial charge in [0.2, 0.25) is 0 Å². The maximum absolute atomic E-state index is 11.9. The van der Waals surface area contributed by atoms with E-state index in [1.54, 1.807) is 14.0 Å². The van der Waals surface area contributed by atoms with E-state index in [0.717, 1.165) is 30.7 Å². The van der Waals surface area contributed by atoms with Crippen molar-refractivity contribution in [3.63, 3.8) is 0 Å². The number of benzene rings is 1. The topological polar surface area (TPSA) is 47.6 Å². The number of methoxy groups -OCH3 is 1. The van der Waals surface area contributed by atoms with Crippen LogP contribution in [0.4, 0.5) is 5.69 Å². The molecule has 1 N–H and O–H groups in total. The maximum Gasteiger partial charge on any atom is 0.341 e. The van der Waals surface area contributed by atoms with Crippen LogP contribution in [0.5, 0.6) is 5.75 Å². The second-order valence-corrected chi connectivity index (χ2v) is 4.48.